The summed E-state index contributed by atoms with van der Waals surface area (Å²) >= 11 is 0. The second kappa shape index (κ2) is 7.74. The molecule has 0 saturated heterocycles. The minimum Gasteiger partial charge on any atom is -0.385 e. The maximum atomic E-state index is 12.0. The predicted molar refractivity (Wildman–Crippen MR) is 83.3 cm³/mol. The van der Waals surface area contributed by atoms with Gasteiger partial charge < -0.3 is 5.32 Å². The third-order valence-electron chi connectivity index (χ3n) is 2.56. The number of sulfonamides is 2. The standard InChI is InChI=1S/C12H21N3O4S2/c1-3-13-11-5-7-12(8-6-11)21(18,19)15-10-4-9-14-20(2,16)17/h5-8,13-15H,3-4,9-10H2,1-2H3. The SMILES string of the molecule is CCNc1ccc(S(=O)(=O)NCCCNS(C)(=O)=O)cc1. The van der Waals surface area contributed by atoms with Crippen LogP contribution in [0.2, 0.25) is 0 Å². The molecule has 0 aromatic heterocycles. The van der Waals surface area contributed by atoms with Crippen LogP contribution in [0.3, 0.4) is 0 Å². The van der Waals surface area contributed by atoms with E-state index in [0.717, 1.165) is 18.5 Å². The number of hydrogen-bond acceptors (Lipinski definition) is 5. The Morgan fingerprint density at radius 1 is 0.952 bits per heavy atom. The zero-order valence-electron chi connectivity index (χ0n) is 12.1. The summed E-state index contributed by atoms with van der Waals surface area (Å²) in [4.78, 5) is 0.181. The van der Waals surface area contributed by atoms with Crippen LogP contribution in [0.5, 0.6) is 0 Å². The van der Waals surface area contributed by atoms with E-state index in [4.69, 9.17) is 0 Å². The normalized spacial score (nSPS) is 12.3. The van der Waals surface area contributed by atoms with E-state index in [9.17, 15) is 16.8 Å². The molecule has 0 aliphatic heterocycles. The summed E-state index contributed by atoms with van der Waals surface area (Å²) in [6.07, 6.45) is 1.44. The van der Waals surface area contributed by atoms with Gasteiger partial charge in [-0.05, 0) is 37.6 Å². The fourth-order valence-corrected chi connectivity index (χ4v) is 3.18. The van der Waals surface area contributed by atoms with E-state index in [0.29, 0.717) is 6.42 Å². The Bertz CT molecular complexity index is 640. The first-order valence-corrected chi connectivity index (χ1v) is 9.90. The largest absolute Gasteiger partial charge is 0.385 e. The molecule has 0 heterocycles. The van der Waals surface area contributed by atoms with E-state index in [1.807, 2.05) is 6.92 Å². The third kappa shape index (κ3) is 6.89. The Balaban J connectivity index is 2.49. The van der Waals surface area contributed by atoms with Gasteiger partial charge in [0.05, 0.1) is 11.2 Å². The van der Waals surface area contributed by atoms with Gasteiger partial charge in [-0.15, -0.1) is 0 Å². The zero-order chi connectivity index (χ0) is 15.9. The molecule has 0 fully saturated rings. The van der Waals surface area contributed by atoms with Crippen LogP contribution in [0.1, 0.15) is 13.3 Å². The quantitative estimate of drug-likeness (QED) is 0.564. The highest BCUT2D eigenvalue weighted by atomic mass is 32.2. The first-order chi connectivity index (χ1) is 9.74. The molecule has 0 radical (unpaired) electrons. The van der Waals surface area contributed by atoms with Crippen molar-refractivity contribution in [2.75, 3.05) is 31.2 Å². The molecule has 0 aliphatic rings. The Morgan fingerprint density at radius 2 is 1.52 bits per heavy atom. The maximum absolute atomic E-state index is 12.0. The highest BCUT2D eigenvalue weighted by Gasteiger charge is 2.12. The van der Waals surface area contributed by atoms with Gasteiger partial charge in [0.2, 0.25) is 20.0 Å². The number of nitrogens with one attached hydrogen (secondary N) is 3. The van der Waals surface area contributed by atoms with Gasteiger partial charge in [-0.1, -0.05) is 0 Å². The summed E-state index contributed by atoms with van der Waals surface area (Å²) in [6, 6.07) is 6.44. The molecule has 0 aliphatic carbocycles. The van der Waals surface area contributed by atoms with Crippen molar-refractivity contribution in [1.82, 2.24) is 9.44 Å². The fraction of sp³-hybridized carbons (Fsp3) is 0.500. The fourth-order valence-electron chi connectivity index (χ4n) is 1.59. The van der Waals surface area contributed by atoms with Gasteiger partial charge in [-0.25, -0.2) is 26.3 Å². The summed E-state index contributed by atoms with van der Waals surface area (Å²) in [7, 11) is -6.80. The lowest BCUT2D eigenvalue weighted by Gasteiger charge is -2.08. The molecule has 0 saturated carbocycles. The van der Waals surface area contributed by atoms with Crippen LogP contribution >= 0.6 is 0 Å². The first-order valence-electron chi connectivity index (χ1n) is 6.53. The monoisotopic (exact) mass is 335 g/mol. The molecule has 0 bridgehead atoms. The summed E-state index contributed by atoms with van der Waals surface area (Å²) < 4.78 is 50.4. The zero-order valence-corrected chi connectivity index (χ0v) is 13.7. The molecule has 3 N–H and O–H groups in total. The smallest absolute Gasteiger partial charge is 0.240 e. The molecule has 7 nitrogen and oxygen atoms in total. The van der Waals surface area contributed by atoms with Crippen molar-refractivity contribution < 1.29 is 16.8 Å². The average molecular weight is 335 g/mol. The summed E-state index contributed by atoms with van der Waals surface area (Å²) in [5, 5.41) is 3.08. The molecule has 1 rings (SSSR count). The van der Waals surface area contributed by atoms with Gasteiger partial charge >= 0.3 is 0 Å². The lowest BCUT2D eigenvalue weighted by Crippen LogP contribution is -2.29. The van der Waals surface area contributed by atoms with Crippen molar-refractivity contribution in [2.45, 2.75) is 18.2 Å². The van der Waals surface area contributed by atoms with Gasteiger partial charge in [0.1, 0.15) is 0 Å². The molecule has 0 unspecified atom stereocenters. The van der Waals surface area contributed by atoms with Crippen LogP contribution < -0.4 is 14.8 Å². The summed E-state index contributed by atoms with van der Waals surface area (Å²) in [5.74, 6) is 0. The molecular formula is C12H21N3O4S2. The highest BCUT2D eigenvalue weighted by Crippen LogP contribution is 2.13. The molecule has 9 heteroatoms. The van der Waals surface area contributed by atoms with E-state index in [-0.39, 0.29) is 18.0 Å². The Kier molecular flexibility index (Phi) is 6.59. The van der Waals surface area contributed by atoms with Crippen LogP contribution in [-0.2, 0) is 20.0 Å². The summed E-state index contributed by atoms with van der Waals surface area (Å²) in [5.41, 5.74) is 0.855. The number of rotatable bonds is 9. The van der Waals surface area contributed by atoms with Gasteiger partial charge in [-0.3, -0.25) is 0 Å². The van der Waals surface area contributed by atoms with Crippen LogP contribution in [0.4, 0.5) is 5.69 Å². The molecular weight excluding hydrogens is 314 g/mol. The molecule has 1 aromatic rings. The second-order valence-electron chi connectivity index (χ2n) is 4.47. The molecule has 0 atom stereocenters. The molecule has 21 heavy (non-hydrogen) atoms. The van der Waals surface area contributed by atoms with Gasteiger partial charge in [0.15, 0.2) is 0 Å². The summed E-state index contributed by atoms with van der Waals surface area (Å²) in [6.45, 7) is 3.08. The molecule has 0 spiro atoms. The van der Waals surface area contributed by atoms with E-state index >= 15 is 0 Å². The van der Waals surface area contributed by atoms with Crippen molar-refractivity contribution in [1.29, 1.82) is 0 Å². The molecule has 1 aromatic carbocycles. The van der Waals surface area contributed by atoms with Crippen molar-refractivity contribution in [2.24, 2.45) is 0 Å². The highest BCUT2D eigenvalue weighted by molar-refractivity contribution is 7.89. The van der Waals surface area contributed by atoms with Crippen LogP contribution in [0.15, 0.2) is 29.2 Å². The van der Waals surface area contributed by atoms with E-state index in [1.54, 1.807) is 12.1 Å². The minimum absolute atomic E-state index is 0.166. The van der Waals surface area contributed by atoms with Gasteiger partial charge in [-0.2, -0.15) is 0 Å². The van der Waals surface area contributed by atoms with E-state index in [2.05, 4.69) is 14.8 Å². The number of benzene rings is 1. The van der Waals surface area contributed by atoms with Crippen molar-refractivity contribution in [3.05, 3.63) is 24.3 Å². The first kappa shape index (κ1) is 17.9. The Morgan fingerprint density at radius 3 is 2.05 bits per heavy atom. The minimum atomic E-state index is -3.56. The Hall–Kier alpha value is -1.16. The maximum Gasteiger partial charge on any atom is 0.240 e. The van der Waals surface area contributed by atoms with Crippen molar-refractivity contribution >= 4 is 25.7 Å². The predicted octanol–water partition coefficient (Wildman–Crippen LogP) is 0.336. The van der Waals surface area contributed by atoms with Crippen LogP contribution in [0.25, 0.3) is 0 Å². The van der Waals surface area contributed by atoms with Crippen molar-refractivity contribution in [3.63, 3.8) is 0 Å². The van der Waals surface area contributed by atoms with Crippen molar-refractivity contribution in [3.8, 4) is 0 Å². The van der Waals surface area contributed by atoms with Gasteiger partial charge in [0, 0.05) is 25.3 Å². The topological polar surface area (TPSA) is 104 Å². The Labute approximate surface area is 126 Å². The molecule has 120 valence electrons. The van der Waals surface area contributed by atoms with Crippen LogP contribution in [0, 0.1) is 0 Å². The second-order valence-corrected chi connectivity index (χ2v) is 8.07. The van der Waals surface area contributed by atoms with E-state index in [1.165, 1.54) is 12.1 Å². The average Bonchev–Trinajstić information content (AvgIpc) is 2.38. The van der Waals surface area contributed by atoms with E-state index < -0.39 is 20.0 Å². The number of anilines is 1. The number of hydrogen-bond donors (Lipinski definition) is 3. The van der Waals surface area contributed by atoms with Gasteiger partial charge in [0.25, 0.3) is 0 Å². The third-order valence-corrected chi connectivity index (χ3v) is 4.76. The molecule has 0 amide bonds. The van der Waals surface area contributed by atoms with Crippen LogP contribution in [-0.4, -0.2) is 42.7 Å². The lowest BCUT2D eigenvalue weighted by molar-refractivity contribution is 0.575. The lowest BCUT2D eigenvalue weighted by atomic mass is 10.3.